The molecule has 20 heteroatoms. The second kappa shape index (κ2) is 12.4. The molecule has 0 bridgehead atoms. The van der Waals surface area contributed by atoms with E-state index in [-0.39, 0.29) is 24.3 Å². The lowest BCUT2D eigenvalue weighted by molar-refractivity contribution is 0.379. The highest BCUT2D eigenvalue weighted by atomic mass is 19.2. The number of hydrogen-bond acceptors (Lipinski definition) is 0. The molecule has 0 spiro atoms. The molecule has 0 saturated carbocycles. The average molecular weight is 760 g/mol. The summed E-state index contributed by atoms with van der Waals surface area (Å²) >= 11 is 0. The van der Waals surface area contributed by atoms with Crippen LogP contribution in [-0.2, 0) is 0 Å². The lowest BCUT2D eigenvalue weighted by Gasteiger charge is -2.25. The van der Waals surface area contributed by atoms with Crippen molar-refractivity contribution in [1.82, 2.24) is 0 Å². The van der Waals surface area contributed by atoms with Gasteiger partial charge < -0.3 is 0 Å². The molecule has 0 nitrogen and oxygen atoms in total. The standard InChI is InChI=1S/C32H4BF19/c34-7-3-1-5-9(16(7)36)18(38)26(46)23(43)13(5)33(14-6-2-4-8(35)17(37)10(6)19(39)27(47)24(14)44)15-11(20(40)28(48)31(51)25(15)45)12-21(41)29(49)32(52)30(50)22(12)42/h1-4H. The third-order valence-electron chi connectivity index (χ3n) is 8.08. The summed E-state index contributed by atoms with van der Waals surface area (Å²) < 4.78 is 286. The fourth-order valence-electron chi connectivity index (χ4n) is 5.85. The van der Waals surface area contributed by atoms with Crippen molar-refractivity contribution in [2.45, 2.75) is 0 Å². The zero-order valence-corrected chi connectivity index (χ0v) is 24.1. The van der Waals surface area contributed by atoms with E-state index in [0.717, 1.165) is 0 Å². The maximum atomic E-state index is 16.1. The van der Waals surface area contributed by atoms with Crippen LogP contribution in [0.3, 0.4) is 0 Å². The molecule has 0 aliphatic rings. The fraction of sp³-hybridized carbons (Fsp3) is 0. The Morgan fingerprint density at radius 3 is 0.923 bits per heavy atom. The Morgan fingerprint density at radius 2 is 0.538 bits per heavy atom. The lowest BCUT2D eigenvalue weighted by atomic mass is 9.34. The highest BCUT2D eigenvalue weighted by Gasteiger charge is 2.44. The zero-order chi connectivity index (χ0) is 38.6. The van der Waals surface area contributed by atoms with Gasteiger partial charge in [-0.3, -0.25) is 0 Å². The molecule has 52 heavy (non-hydrogen) atoms. The number of rotatable bonds is 4. The van der Waals surface area contributed by atoms with Gasteiger partial charge in [0.2, 0.25) is 5.82 Å². The molecule has 0 radical (unpaired) electrons. The summed E-state index contributed by atoms with van der Waals surface area (Å²) in [7, 11) is 0. The number of hydrogen-bond donors (Lipinski definition) is 0. The van der Waals surface area contributed by atoms with E-state index < -0.39 is 166 Å². The number of halogens is 19. The van der Waals surface area contributed by atoms with E-state index in [1.165, 1.54) is 0 Å². The first-order valence-corrected chi connectivity index (χ1v) is 13.5. The van der Waals surface area contributed by atoms with E-state index >= 15 is 39.5 Å². The van der Waals surface area contributed by atoms with Crippen LogP contribution in [0.4, 0.5) is 83.4 Å². The number of benzene rings is 6. The quantitative estimate of drug-likeness (QED) is 0.0730. The fourth-order valence-corrected chi connectivity index (χ4v) is 5.85. The Balaban J connectivity index is 2.02. The van der Waals surface area contributed by atoms with Crippen LogP contribution < -0.4 is 16.4 Å². The third kappa shape index (κ3) is 4.82. The minimum atomic E-state index is -3.82. The summed E-state index contributed by atoms with van der Waals surface area (Å²) in [5.74, 6) is -54.0. The molecule has 0 saturated heterocycles. The van der Waals surface area contributed by atoms with Crippen molar-refractivity contribution in [2.75, 3.05) is 0 Å². The second-order valence-corrected chi connectivity index (χ2v) is 10.7. The van der Waals surface area contributed by atoms with Crippen LogP contribution in [0, 0.1) is 111 Å². The van der Waals surface area contributed by atoms with Crippen molar-refractivity contribution in [3.05, 3.63) is 135 Å². The van der Waals surface area contributed by atoms with Crippen LogP contribution in [0.15, 0.2) is 24.3 Å². The third-order valence-corrected chi connectivity index (χ3v) is 8.08. The van der Waals surface area contributed by atoms with Gasteiger partial charge in [0.25, 0.3) is 6.71 Å². The molecule has 0 atom stereocenters. The van der Waals surface area contributed by atoms with Gasteiger partial charge in [-0.1, -0.05) is 12.1 Å². The predicted octanol–water partition coefficient (Wildman–Crippen LogP) is 8.82. The molecular formula is C32H4BF19. The van der Waals surface area contributed by atoms with Crippen LogP contribution in [0.2, 0.25) is 0 Å². The topological polar surface area (TPSA) is 0 Å². The van der Waals surface area contributed by atoms with Gasteiger partial charge in [0.1, 0.15) is 0 Å². The maximum Gasteiger partial charge on any atom is 0.255 e. The van der Waals surface area contributed by atoms with Crippen LogP contribution in [0.5, 0.6) is 0 Å². The van der Waals surface area contributed by atoms with Crippen LogP contribution in [-0.4, -0.2) is 6.71 Å². The minimum Gasteiger partial charge on any atom is -0.204 e. The van der Waals surface area contributed by atoms with E-state index in [4.69, 9.17) is 0 Å². The summed E-state index contributed by atoms with van der Waals surface area (Å²) in [6, 6.07) is 0.0656. The average Bonchev–Trinajstić information content (AvgIpc) is 3.11. The first kappa shape index (κ1) is 36.4. The molecule has 6 aromatic carbocycles. The van der Waals surface area contributed by atoms with Gasteiger partial charge in [0.05, 0.1) is 16.3 Å². The smallest absolute Gasteiger partial charge is 0.204 e. The Kier molecular flexibility index (Phi) is 8.65. The van der Waals surface area contributed by atoms with E-state index in [1.54, 1.807) is 0 Å². The predicted molar refractivity (Wildman–Crippen MR) is 144 cm³/mol. The van der Waals surface area contributed by atoms with E-state index in [9.17, 15) is 43.9 Å². The summed E-state index contributed by atoms with van der Waals surface area (Å²) in [5.41, 5.74) is -12.4. The molecule has 0 aliphatic heterocycles. The summed E-state index contributed by atoms with van der Waals surface area (Å²) in [5, 5.41) is -7.37. The van der Waals surface area contributed by atoms with Gasteiger partial charge >= 0.3 is 0 Å². The molecule has 6 aromatic rings. The first-order chi connectivity index (χ1) is 24.3. The minimum absolute atomic E-state index is 0.0308. The molecule has 268 valence electrons. The van der Waals surface area contributed by atoms with Crippen molar-refractivity contribution in [1.29, 1.82) is 0 Å². The molecule has 0 amide bonds. The van der Waals surface area contributed by atoms with Gasteiger partial charge in [0.15, 0.2) is 105 Å². The first-order valence-electron chi connectivity index (χ1n) is 13.5. The van der Waals surface area contributed by atoms with Crippen molar-refractivity contribution in [3.63, 3.8) is 0 Å². The Labute approximate surface area is 274 Å². The largest absolute Gasteiger partial charge is 0.255 e. The molecule has 0 fully saturated rings. The molecule has 0 unspecified atom stereocenters. The number of fused-ring (bicyclic) bond motifs is 2. The molecule has 0 N–H and O–H groups in total. The van der Waals surface area contributed by atoms with E-state index in [0.29, 0.717) is 0 Å². The van der Waals surface area contributed by atoms with Crippen molar-refractivity contribution in [3.8, 4) is 11.1 Å². The van der Waals surface area contributed by atoms with E-state index in [2.05, 4.69) is 0 Å². The van der Waals surface area contributed by atoms with Crippen molar-refractivity contribution in [2.24, 2.45) is 0 Å². The van der Waals surface area contributed by atoms with Gasteiger partial charge in [-0.05, 0) is 39.3 Å². The Hall–Kier alpha value is -5.43. The van der Waals surface area contributed by atoms with Crippen LogP contribution >= 0.6 is 0 Å². The van der Waals surface area contributed by atoms with Crippen LogP contribution in [0.25, 0.3) is 32.7 Å². The van der Waals surface area contributed by atoms with Crippen molar-refractivity contribution < 1.29 is 83.4 Å². The highest BCUT2D eigenvalue weighted by Crippen LogP contribution is 2.37. The molecule has 0 heterocycles. The SMILES string of the molecule is Fc1ccc2c(B(c3c(F)c(F)c(F)c(F)c3-c3c(F)c(F)c(F)c(F)c3F)c3c(F)c(F)c(F)c4c(F)c(F)ccc34)c(F)c(F)c(F)c2c1F. The van der Waals surface area contributed by atoms with E-state index in [1.807, 2.05) is 0 Å². The molecule has 0 aliphatic carbocycles. The maximum absolute atomic E-state index is 16.1. The summed E-state index contributed by atoms with van der Waals surface area (Å²) in [6.07, 6.45) is 0. The molecule has 6 rings (SSSR count). The molecule has 0 aromatic heterocycles. The summed E-state index contributed by atoms with van der Waals surface area (Å²) in [6.45, 7) is -3.82. The van der Waals surface area contributed by atoms with Gasteiger partial charge in [0, 0.05) is 5.56 Å². The Morgan fingerprint density at radius 1 is 0.250 bits per heavy atom. The highest BCUT2D eigenvalue weighted by molar-refractivity contribution is 6.99. The van der Waals surface area contributed by atoms with Crippen molar-refractivity contribution >= 4 is 44.6 Å². The lowest BCUT2D eigenvalue weighted by Crippen LogP contribution is -2.58. The monoisotopic (exact) mass is 760 g/mol. The normalized spacial score (nSPS) is 11.8. The van der Waals surface area contributed by atoms with Gasteiger partial charge in [-0.15, -0.1) is 0 Å². The van der Waals surface area contributed by atoms with Gasteiger partial charge in [-0.25, -0.2) is 83.4 Å². The summed E-state index contributed by atoms with van der Waals surface area (Å²) in [4.78, 5) is 0. The molecular weight excluding hydrogens is 756 g/mol. The second-order valence-electron chi connectivity index (χ2n) is 10.7. The zero-order valence-electron chi connectivity index (χ0n) is 24.1. The van der Waals surface area contributed by atoms with Crippen LogP contribution in [0.1, 0.15) is 0 Å². The van der Waals surface area contributed by atoms with Gasteiger partial charge in [-0.2, -0.15) is 0 Å². The Bertz CT molecular complexity index is 2440.